The summed E-state index contributed by atoms with van der Waals surface area (Å²) in [5, 5.41) is 0. The summed E-state index contributed by atoms with van der Waals surface area (Å²) in [6, 6.07) is 3.70. The van der Waals surface area contributed by atoms with Crippen LogP contribution in [-0.2, 0) is 4.79 Å². The summed E-state index contributed by atoms with van der Waals surface area (Å²) in [6.07, 6.45) is 7.17. The van der Waals surface area contributed by atoms with Gasteiger partial charge in [-0.3, -0.25) is 9.59 Å². The zero-order valence-corrected chi connectivity index (χ0v) is 18.2. The van der Waals surface area contributed by atoms with Crippen molar-refractivity contribution in [1.29, 1.82) is 0 Å². The van der Waals surface area contributed by atoms with E-state index in [4.69, 9.17) is 11.5 Å². The van der Waals surface area contributed by atoms with Crippen LogP contribution in [0.4, 0.5) is 5.82 Å². The van der Waals surface area contributed by atoms with Crippen LogP contribution in [0.3, 0.4) is 0 Å². The number of amides is 2. The molecule has 3 fully saturated rings. The maximum absolute atomic E-state index is 13.1. The van der Waals surface area contributed by atoms with E-state index in [1.54, 1.807) is 18.3 Å². The molecule has 0 radical (unpaired) electrons. The number of anilines is 1. The van der Waals surface area contributed by atoms with Gasteiger partial charge in [0.2, 0.25) is 5.91 Å². The summed E-state index contributed by atoms with van der Waals surface area (Å²) < 4.78 is 0. The van der Waals surface area contributed by atoms with Crippen molar-refractivity contribution in [3.63, 3.8) is 0 Å². The minimum Gasteiger partial charge on any atom is -0.365 e. The lowest BCUT2D eigenvalue weighted by Crippen LogP contribution is -2.54. The third kappa shape index (κ3) is 4.78. The molecule has 1 aliphatic heterocycles. The molecule has 2 amide bonds. The Morgan fingerprint density at radius 2 is 1.66 bits per heavy atom. The van der Waals surface area contributed by atoms with Crippen LogP contribution in [-0.4, -0.2) is 53.9 Å². The van der Waals surface area contributed by atoms with E-state index in [-0.39, 0.29) is 42.7 Å². The van der Waals surface area contributed by atoms with E-state index in [2.05, 4.69) is 9.88 Å². The van der Waals surface area contributed by atoms with Crippen molar-refractivity contribution in [3.05, 3.63) is 23.9 Å². The minimum atomic E-state index is -0.471. The number of hydrogen-bond donors (Lipinski definition) is 2. The van der Waals surface area contributed by atoms with Crippen molar-refractivity contribution in [2.75, 3.05) is 31.1 Å². The topological polar surface area (TPSA) is 106 Å². The smallest absolute Gasteiger partial charge is 0.252 e. The van der Waals surface area contributed by atoms with E-state index in [9.17, 15) is 9.59 Å². The molecule has 2 saturated carbocycles. The van der Waals surface area contributed by atoms with E-state index in [1.807, 2.05) is 4.90 Å². The predicted molar refractivity (Wildman–Crippen MR) is 118 cm³/mol. The van der Waals surface area contributed by atoms with Crippen molar-refractivity contribution < 1.29 is 9.59 Å². The second-order valence-corrected chi connectivity index (χ2v) is 8.25. The number of aromatic nitrogens is 1. The zero-order valence-electron chi connectivity index (χ0n) is 16.5. The average molecular weight is 444 g/mol. The Balaban J connectivity index is 0.00000150. The summed E-state index contributed by atoms with van der Waals surface area (Å²) in [5.74, 6) is 1.59. The Bertz CT molecular complexity index is 713. The van der Waals surface area contributed by atoms with E-state index in [0.29, 0.717) is 49.4 Å². The van der Waals surface area contributed by atoms with E-state index >= 15 is 0 Å². The number of hydrogen-bond acceptors (Lipinski definition) is 5. The molecular formula is C20H31Cl2N5O2. The number of carbonyl (C=O) groups excluding carboxylic acids is 2. The van der Waals surface area contributed by atoms with Gasteiger partial charge >= 0.3 is 0 Å². The lowest BCUT2D eigenvalue weighted by atomic mass is 9.65. The second-order valence-electron chi connectivity index (χ2n) is 8.25. The molecule has 0 aromatic carbocycles. The average Bonchev–Trinajstić information content (AvgIpc) is 2.67. The number of pyridine rings is 1. The standard InChI is InChI=1S/C20H29N5O2.2ClH/c21-17-13-3-1-4-14(17)12-15(11-13)20(27)25-9-7-24(8-10-25)19-16(18(22)26)5-2-6-23-19;;/h2,5-6,13-15,17H,1,3-4,7-12,21H2,(H2,22,26);2*1H. The molecular weight excluding hydrogens is 413 g/mol. The summed E-state index contributed by atoms with van der Waals surface area (Å²) in [7, 11) is 0. The van der Waals surface area contributed by atoms with Crippen molar-refractivity contribution >= 4 is 42.4 Å². The van der Waals surface area contributed by atoms with Gasteiger partial charge in [-0.1, -0.05) is 6.42 Å². The monoisotopic (exact) mass is 443 g/mol. The van der Waals surface area contributed by atoms with E-state index in [1.165, 1.54) is 19.3 Å². The summed E-state index contributed by atoms with van der Waals surface area (Å²) >= 11 is 0. The fourth-order valence-corrected chi connectivity index (χ4v) is 5.23. The number of carbonyl (C=O) groups is 2. The highest BCUT2D eigenvalue weighted by Gasteiger charge is 2.42. The van der Waals surface area contributed by atoms with Crippen LogP contribution in [0.1, 0.15) is 42.5 Å². The lowest BCUT2D eigenvalue weighted by Gasteiger charge is -2.45. The van der Waals surface area contributed by atoms with Gasteiger partial charge in [0.1, 0.15) is 5.82 Å². The molecule has 2 atom stereocenters. The number of fused-ring (bicyclic) bond motifs is 2. The fraction of sp³-hybridized carbons (Fsp3) is 0.650. The highest BCUT2D eigenvalue weighted by atomic mass is 35.5. The second kappa shape index (κ2) is 9.96. The third-order valence-electron chi connectivity index (χ3n) is 6.71. The number of primary amides is 1. The van der Waals surface area contributed by atoms with Gasteiger partial charge in [0.05, 0.1) is 5.56 Å². The van der Waals surface area contributed by atoms with Gasteiger partial charge in [-0.25, -0.2) is 4.98 Å². The molecule has 2 aliphatic carbocycles. The first-order valence-corrected chi connectivity index (χ1v) is 10.1. The molecule has 2 bridgehead atoms. The van der Waals surface area contributed by atoms with Gasteiger partial charge in [0.25, 0.3) is 5.91 Å². The van der Waals surface area contributed by atoms with Crippen LogP contribution in [0.15, 0.2) is 18.3 Å². The first kappa shape index (κ1) is 23.7. The molecule has 7 nitrogen and oxygen atoms in total. The molecule has 0 spiro atoms. The highest BCUT2D eigenvalue weighted by Crippen LogP contribution is 2.42. The SMILES string of the molecule is Cl.Cl.NC(=O)c1cccnc1N1CCN(C(=O)C2CC3CCCC(C2)C3N)CC1. The Labute approximate surface area is 184 Å². The largest absolute Gasteiger partial charge is 0.365 e. The van der Waals surface area contributed by atoms with Gasteiger partial charge < -0.3 is 21.3 Å². The lowest BCUT2D eigenvalue weighted by molar-refractivity contribution is -0.139. The molecule has 1 aromatic heterocycles. The normalized spacial score (nSPS) is 28.7. The molecule has 1 saturated heterocycles. The van der Waals surface area contributed by atoms with E-state index < -0.39 is 5.91 Å². The Kier molecular flexibility index (Phi) is 8.14. The zero-order chi connectivity index (χ0) is 19.0. The minimum absolute atomic E-state index is 0. The quantitative estimate of drug-likeness (QED) is 0.740. The van der Waals surface area contributed by atoms with Gasteiger partial charge in [0.15, 0.2) is 0 Å². The van der Waals surface area contributed by atoms with Gasteiger partial charge in [-0.05, 0) is 49.7 Å². The summed E-state index contributed by atoms with van der Waals surface area (Å²) in [6.45, 7) is 2.65. The van der Waals surface area contributed by atoms with Crippen molar-refractivity contribution in [2.24, 2.45) is 29.2 Å². The number of nitrogens with zero attached hydrogens (tertiary/aromatic N) is 3. The van der Waals surface area contributed by atoms with Crippen LogP contribution in [0.5, 0.6) is 0 Å². The van der Waals surface area contributed by atoms with Crippen LogP contribution in [0.25, 0.3) is 0 Å². The number of halogens is 2. The molecule has 162 valence electrons. The predicted octanol–water partition coefficient (Wildman–Crippen LogP) is 1.83. The molecule has 2 heterocycles. The first-order chi connectivity index (χ1) is 13.0. The molecule has 29 heavy (non-hydrogen) atoms. The van der Waals surface area contributed by atoms with Crippen molar-refractivity contribution in [2.45, 2.75) is 38.1 Å². The fourth-order valence-electron chi connectivity index (χ4n) is 5.23. The van der Waals surface area contributed by atoms with Crippen LogP contribution in [0.2, 0.25) is 0 Å². The number of piperazine rings is 1. The maximum Gasteiger partial charge on any atom is 0.252 e. The maximum atomic E-state index is 13.1. The summed E-state index contributed by atoms with van der Waals surface area (Å²) in [4.78, 5) is 33.1. The van der Waals surface area contributed by atoms with Gasteiger partial charge in [-0.15, -0.1) is 24.8 Å². The van der Waals surface area contributed by atoms with Crippen LogP contribution >= 0.6 is 24.8 Å². The molecule has 2 unspecified atom stereocenters. The first-order valence-electron chi connectivity index (χ1n) is 10.1. The van der Waals surface area contributed by atoms with Crippen LogP contribution < -0.4 is 16.4 Å². The van der Waals surface area contributed by atoms with Gasteiger partial charge in [0, 0.05) is 44.3 Å². The molecule has 1 aromatic rings. The highest BCUT2D eigenvalue weighted by molar-refractivity contribution is 5.97. The molecule has 4 N–H and O–H groups in total. The molecule has 4 rings (SSSR count). The van der Waals surface area contributed by atoms with E-state index in [0.717, 1.165) is 12.8 Å². The van der Waals surface area contributed by atoms with Gasteiger partial charge in [-0.2, -0.15) is 0 Å². The Morgan fingerprint density at radius 3 is 2.24 bits per heavy atom. The summed E-state index contributed by atoms with van der Waals surface area (Å²) in [5.41, 5.74) is 12.3. The Morgan fingerprint density at radius 1 is 1.03 bits per heavy atom. The molecule has 9 heteroatoms. The third-order valence-corrected chi connectivity index (χ3v) is 6.71. The Hall–Kier alpha value is -1.57. The van der Waals surface area contributed by atoms with Crippen LogP contribution in [0, 0.1) is 17.8 Å². The van der Waals surface area contributed by atoms with Crippen molar-refractivity contribution in [3.8, 4) is 0 Å². The molecule has 3 aliphatic rings. The number of nitrogens with two attached hydrogens (primary N) is 2. The van der Waals surface area contributed by atoms with Crippen molar-refractivity contribution in [1.82, 2.24) is 9.88 Å². The number of rotatable bonds is 3.